The Morgan fingerprint density at radius 1 is 1.29 bits per heavy atom. The minimum atomic E-state index is -0.590. The lowest BCUT2D eigenvalue weighted by Gasteiger charge is -2.17. The van der Waals surface area contributed by atoms with E-state index in [1.54, 1.807) is 0 Å². The smallest absolute Gasteiger partial charge is 0.114 e. The van der Waals surface area contributed by atoms with E-state index in [0.29, 0.717) is 13.0 Å². The molecular weight excluding hydrogens is 400 g/mol. The maximum absolute atomic E-state index is 9.55. The number of hydrogen-bond acceptors (Lipinski definition) is 3. The quantitative estimate of drug-likeness (QED) is 0.241. The number of aliphatic hydroxyl groups excluding tert-OH is 1. The summed E-state index contributed by atoms with van der Waals surface area (Å²) in [6.45, 7) is 13.6. The van der Waals surface area contributed by atoms with Gasteiger partial charge in [-0.3, -0.25) is 4.68 Å². The Morgan fingerprint density at radius 3 is 2.68 bits per heavy atom. The molecule has 2 rings (SSSR count). The van der Waals surface area contributed by atoms with Crippen molar-refractivity contribution in [2.24, 2.45) is 0 Å². The number of aliphatic hydroxyl groups is 1. The molecule has 0 fully saturated rings. The number of rotatable bonds is 10. The summed E-state index contributed by atoms with van der Waals surface area (Å²) in [5, 5.41) is 14.1. The average molecular weight is 435 g/mol. The fourth-order valence-electron chi connectivity index (χ4n) is 3.24. The molecule has 0 aliphatic carbocycles. The van der Waals surface area contributed by atoms with Crippen molar-refractivity contribution in [1.29, 1.82) is 0 Å². The minimum absolute atomic E-state index is 0.00603. The molecule has 0 saturated carbocycles. The van der Waals surface area contributed by atoms with Crippen LogP contribution in [0, 0.1) is 12.0 Å². The van der Waals surface area contributed by atoms with Crippen LogP contribution >= 0.6 is 0 Å². The lowest BCUT2D eigenvalue weighted by atomic mass is 9.99. The van der Waals surface area contributed by atoms with Crippen LogP contribution in [0.4, 0.5) is 0 Å². The Hall–Kier alpha value is -2.81. The molecule has 4 nitrogen and oxygen atoms in total. The number of allylic oxidation sites excluding steroid dienone is 5. The first-order valence-electron chi connectivity index (χ1n) is 10.8. The van der Waals surface area contributed by atoms with Crippen LogP contribution in [0.3, 0.4) is 0 Å². The van der Waals surface area contributed by atoms with Gasteiger partial charge < -0.3 is 9.84 Å². The Balaban J connectivity index is 2.21. The van der Waals surface area contributed by atoms with Gasteiger partial charge in [-0.2, -0.15) is 5.10 Å². The summed E-state index contributed by atoms with van der Waals surface area (Å²) < 4.78 is 7.30. The standard InChI is InChI=1S/C26H34N2O2Si/c1-21(2)25(13-9-10-16-30-17-18-31(4)5)22(3)24-19-27-28(20-24)26(14-15-29)23-11-7-6-8-12-23/h6-9,11-13,19-20,26,29,31H,1,14-15,17-18H2,2-5H3/b13-9-,25-22+. The van der Waals surface area contributed by atoms with Gasteiger partial charge in [0.25, 0.3) is 0 Å². The van der Waals surface area contributed by atoms with E-state index in [0.717, 1.165) is 33.9 Å². The van der Waals surface area contributed by atoms with E-state index in [4.69, 9.17) is 4.74 Å². The SMILES string of the molecule is C=C(C)C(/C=C\C#COCC[SiH](C)C)=C(\C)c1cnn(C(CCO)c2ccccc2)c1. The van der Waals surface area contributed by atoms with Gasteiger partial charge in [0.15, 0.2) is 0 Å². The number of benzene rings is 1. The maximum Gasteiger partial charge on any atom is 0.114 e. The van der Waals surface area contributed by atoms with Crippen molar-refractivity contribution in [1.82, 2.24) is 9.78 Å². The van der Waals surface area contributed by atoms with Crippen molar-refractivity contribution >= 4 is 14.4 Å². The van der Waals surface area contributed by atoms with E-state index in [2.05, 4.69) is 55.9 Å². The average Bonchev–Trinajstić information content (AvgIpc) is 3.23. The van der Waals surface area contributed by atoms with Gasteiger partial charge in [-0.25, -0.2) is 0 Å². The summed E-state index contributed by atoms with van der Waals surface area (Å²) in [6, 6.07) is 11.3. The predicted octanol–water partition coefficient (Wildman–Crippen LogP) is 5.22. The summed E-state index contributed by atoms with van der Waals surface area (Å²) in [5.74, 6) is 2.95. The molecule has 1 atom stereocenters. The zero-order chi connectivity index (χ0) is 22.6. The molecule has 1 heterocycles. The second-order valence-electron chi connectivity index (χ2n) is 8.08. The summed E-state index contributed by atoms with van der Waals surface area (Å²) >= 11 is 0. The molecule has 0 aliphatic heterocycles. The van der Waals surface area contributed by atoms with Gasteiger partial charge in [-0.1, -0.05) is 55.6 Å². The molecule has 0 bridgehead atoms. The molecule has 1 unspecified atom stereocenters. The lowest BCUT2D eigenvalue weighted by Crippen LogP contribution is -2.12. The van der Waals surface area contributed by atoms with Gasteiger partial charge in [-0.05, 0) is 61.1 Å². The van der Waals surface area contributed by atoms with E-state index in [9.17, 15) is 5.11 Å². The lowest BCUT2D eigenvalue weighted by molar-refractivity contribution is 0.263. The van der Waals surface area contributed by atoms with Crippen molar-refractivity contribution in [2.45, 2.75) is 45.4 Å². The largest absolute Gasteiger partial charge is 0.447 e. The monoisotopic (exact) mass is 434 g/mol. The number of nitrogens with zero attached hydrogens (tertiary/aromatic N) is 2. The molecular formula is C26H34N2O2Si. The molecule has 0 spiro atoms. The Labute approximate surface area is 188 Å². The highest BCUT2D eigenvalue weighted by Crippen LogP contribution is 2.26. The first-order valence-corrected chi connectivity index (χ1v) is 13.9. The summed E-state index contributed by atoms with van der Waals surface area (Å²) in [4.78, 5) is 0. The number of hydrogen-bond donors (Lipinski definition) is 1. The van der Waals surface area contributed by atoms with E-state index < -0.39 is 8.80 Å². The van der Waals surface area contributed by atoms with E-state index in [-0.39, 0.29) is 12.6 Å². The number of aromatic nitrogens is 2. The highest BCUT2D eigenvalue weighted by molar-refractivity contribution is 6.55. The van der Waals surface area contributed by atoms with Gasteiger partial charge in [0, 0.05) is 27.2 Å². The van der Waals surface area contributed by atoms with Crippen LogP contribution in [-0.2, 0) is 4.74 Å². The zero-order valence-corrected chi connectivity index (χ0v) is 20.3. The van der Waals surface area contributed by atoms with Crippen molar-refractivity contribution in [2.75, 3.05) is 13.2 Å². The Morgan fingerprint density at radius 2 is 2.03 bits per heavy atom. The molecule has 164 valence electrons. The van der Waals surface area contributed by atoms with Crippen molar-refractivity contribution in [3.05, 3.63) is 83.7 Å². The normalized spacial score (nSPS) is 13.0. The van der Waals surface area contributed by atoms with Gasteiger partial charge in [0.2, 0.25) is 0 Å². The topological polar surface area (TPSA) is 47.3 Å². The molecule has 0 radical (unpaired) electrons. The Kier molecular flexibility index (Phi) is 10.1. The van der Waals surface area contributed by atoms with Crippen LogP contribution < -0.4 is 0 Å². The molecule has 1 aromatic heterocycles. The molecule has 1 aromatic carbocycles. The molecule has 1 N–H and O–H groups in total. The van der Waals surface area contributed by atoms with Crippen molar-refractivity contribution < 1.29 is 9.84 Å². The second-order valence-corrected chi connectivity index (χ2v) is 11.4. The van der Waals surface area contributed by atoms with E-state index in [1.165, 1.54) is 0 Å². The zero-order valence-electron chi connectivity index (χ0n) is 19.1. The third-order valence-electron chi connectivity index (χ3n) is 5.07. The van der Waals surface area contributed by atoms with Gasteiger partial charge >= 0.3 is 0 Å². The van der Waals surface area contributed by atoms with Crippen LogP contribution in [0.5, 0.6) is 0 Å². The fourth-order valence-corrected chi connectivity index (χ4v) is 3.83. The van der Waals surface area contributed by atoms with Crippen LogP contribution in [-0.4, -0.2) is 36.9 Å². The highest BCUT2D eigenvalue weighted by Gasteiger charge is 2.15. The van der Waals surface area contributed by atoms with Crippen LogP contribution in [0.1, 0.15) is 37.4 Å². The molecule has 0 amide bonds. The fraction of sp³-hybridized carbons (Fsp3) is 0.346. The summed E-state index contributed by atoms with van der Waals surface area (Å²) in [6.07, 6.45) is 11.0. The third-order valence-corrected chi connectivity index (χ3v) is 6.46. The van der Waals surface area contributed by atoms with E-state index in [1.807, 2.05) is 54.4 Å². The van der Waals surface area contributed by atoms with Gasteiger partial charge in [-0.15, -0.1) is 0 Å². The molecule has 0 saturated heterocycles. The van der Waals surface area contributed by atoms with Gasteiger partial charge in [0.1, 0.15) is 6.11 Å². The van der Waals surface area contributed by atoms with Crippen molar-refractivity contribution in [3.8, 4) is 12.0 Å². The number of ether oxygens (including phenoxy) is 1. The molecule has 0 aliphatic rings. The minimum Gasteiger partial charge on any atom is -0.447 e. The summed E-state index contributed by atoms with van der Waals surface area (Å²) in [5.41, 5.74) is 5.22. The molecule has 31 heavy (non-hydrogen) atoms. The molecule has 2 aromatic rings. The van der Waals surface area contributed by atoms with Gasteiger partial charge in [0.05, 0.1) is 18.8 Å². The summed E-state index contributed by atoms with van der Waals surface area (Å²) in [7, 11) is -0.590. The molecule has 5 heteroatoms. The first-order chi connectivity index (χ1) is 14.9. The predicted molar refractivity (Wildman–Crippen MR) is 132 cm³/mol. The Bertz CT molecular complexity index is 962. The van der Waals surface area contributed by atoms with E-state index >= 15 is 0 Å². The second kappa shape index (κ2) is 12.8. The third kappa shape index (κ3) is 7.75. The van der Waals surface area contributed by atoms with Crippen LogP contribution in [0.25, 0.3) is 5.57 Å². The van der Waals surface area contributed by atoms with Crippen LogP contribution in [0.15, 0.2) is 72.6 Å². The van der Waals surface area contributed by atoms with Crippen LogP contribution in [0.2, 0.25) is 19.1 Å². The highest BCUT2D eigenvalue weighted by atomic mass is 28.3. The van der Waals surface area contributed by atoms with Crippen molar-refractivity contribution in [3.63, 3.8) is 0 Å². The first kappa shape index (κ1) is 24.5. The maximum atomic E-state index is 9.55.